The Hall–Kier alpha value is -8.57. The zero-order valence-electron chi connectivity index (χ0n) is 50.2. The first-order valence-corrected chi connectivity index (χ1v) is 31.2. The van der Waals surface area contributed by atoms with Crippen LogP contribution in [-0.4, -0.2) is 132 Å². The molecule has 0 aliphatic carbocycles. The number of hydrogen-bond donors (Lipinski definition) is 4. The lowest BCUT2D eigenvalue weighted by Gasteiger charge is -2.32. The lowest BCUT2D eigenvalue weighted by Crippen LogP contribution is -2.41. The molecular formula is C60H68BClN16O8S2. The predicted molar refractivity (Wildman–Crippen MR) is 337 cm³/mol. The summed E-state index contributed by atoms with van der Waals surface area (Å²) in [5.74, 6) is 2.43. The summed E-state index contributed by atoms with van der Waals surface area (Å²) in [7, 11) is -8.09. The number of fused-ring (bicyclic) bond motifs is 2. The van der Waals surface area contributed by atoms with Gasteiger partial charge in [0.2, 0.25) is 37.1 Å². The number of rotatable bonds is 18. The molecular weight excluding hydrogens is 1180 g/mol. The fourth-order valence-corrected chi connectivity index (χ4v) is 11.8. The van der Waals surface area contributed by atoms with Crippen LogP contribution < -0.4 is 35.0 Å². The lowest BCUT2D eigenvalue weighted by atomic mass is 9.80. The van der Waals surface area contributed by atoms with E-state index in [0.29, 0.717) is 66.5 Å². The summed E-state index contributed by atoms with van der Waals surface area (Å²) in [5.41, 5.74) is 4.55. The topological polar surface area (TPSA) is 291 Å². The number of pyridine rings is 2. The molecule has 1 fully saturated rings. The quantitative estimate of drug-likeness (QED) is 0.0462. The number of nitrogens with zero attached hydrogens (tertiary/aromatic N) is 12. The third-order valence-corrected chi connectivity index (χ3v) is 16.9. The number of ether oxygens (including phenoxy) is 2. The summed E-state index contributed by atoms with van der Waals surface area (Å²) in [6.07, 6.45) is 18.9. The van der Waals surface area contributed by atoms with Gasteiger partial charge in [0.25, 0.3) is 0 Å². The molecule has 1 saturated heterocycles. The van der Waals surface area contributed by atoms with Crippen LogP contribution in [0.4, 0.5) is 11.6 Å². The van der Waals surface area contributed by atoms with E-state index in [1.54, 1.807) is 106 Å². The van der Waals surface area contributed by atoms with Gasteiger partial charge < -0.3 is 29.4 Å². The number of benzene rings is 2. The highest BCUT2D eigenvalue weighted by Crippen LogP contribution is 2.37. The normalized spacial score (nSPS) is 13.9. The molecule has 0 radical (unpaired) electrons. The summed E-state index contributed by atoms with van der Waals surface area (Å²) in [5, 5.41) is 15.7. The number of sulfonamides is 2. The molecule has 8 aromatic heterocycles. The zero-order valence-corrected chi connectivity index (χ0v) is 52.6. The summed E-state index contributed by atoms with van der Waals surface area (Å²) in [6.45, 7) is 20.2. The molecule has 10 aromatic rings. The molecule has 0 saturated carbocycles. The van der Waals surface area contributed by atoms with Gasteiger partial charge in [0.05, 0.1) is 41.6 Å². The first-order chi connectivity index (χ1) is 41.7. The van der Waals surface area contributed by atoms with Gasteiger partial charge in [0.1, 0.15) is 29.1 Å². The Balaban J connectivity index is 0.000000165. The zero-order chi connectivity index (χ0) is 62.9. The van der Waals surface area contributed by atoms with E-state index >= 15 is 0 Å². The number of anilines is 2. The van der Waals surface area contributed by atoms with Crippen LogP contribution >= 0.6 is 11.6 Å². The van der Waals surface area contributed by atoms with Crippen molar-refractivity contribution in [2.45, 2.75) is 101 Å². The highest BCUT2D eigenvalue weighted by Gasteiger charge is 2.52. The van der Waals surface area contributed by atoms with Crippen molar-refractivity contribution in [1.29, 1.82) is 0 Å². The van der Waals surface area contributed by atoms with Crippen molar-refractivity contribution < 1.29 is 35.6 Å². The molecule has 9 heterocycles. The highest BCUT2D eigenvalue weighted by atomic mass is 35.5. The fourth-order valence-electron chi connectivity index (χ4n) is 8.77. The highest BCUT2D eigenvalue weighted by molar-refractivity contribution is 7.89. The van der Waals surface area contributed by atoms with Gasteiger partial charge >= 0.3 is 7.12 Å². The van der Waals surface area contributed by atoms with Crippen LogP contribution in [-0.2, 0) is 29.4 Å². The van der Waals surface area contributed by atoms with Gasteiger partial charge in [0, 0.05) is 95.2 Å². The largest absolute Gasteiger partial charge is 0.496 e. The number of nitrogens with one attached hydrogen (secondary N) is 4. The molecule has 4 N–H and O–H groups in total. The molecule has 0 bridgehead atoms. The smallest absolute Gasteiger partial charge is 0.475 e. The third kappa shape index (κ3) is 16.3. The lowest BCUT2D eigenvalue weighted by molar-refractivity contribution is 0.00578. The molecule has 28 heteroatoms. The molecule has 0 spiro atoms. The van der Waals surface area contributed by atoms with Crippen LogP contribution in [0.5, 0.6) is 11.8 Å². The molecule has 0 atom stereocenters. The van der Waals surface area contributed by atoms with E-state index in [-0.39, 0.29) is 15.1 Å². The summed E-state index contributed by atoms with van der Waals surface area (Å²) < 4.78 is 82.6. The number of halogens is 1. The van der Waals surface area contributed by atoms with Gasteiger partial charge in [-0.3, -0.25) is 19.9 Å². The first kappa shape index (κ1) is 63.9. The monoisotopic (exact) mass is 1250 g/mol. The average molecular weight is 1250 g/mol. The SMILES string of the molecule is CC(C)(C)NS(=O)(=O)c1cncc(-c2nc(NCCOc3cnccn3)c3c(-c4ccccc4)ccn3n2)c1.CC(C)(C)NS(=O)(=O)c1cncc(B2OC(C)(C)C(C)(C)O2)c1.Clc1nc(NCCOc2cnccn2)c2c(-c3ccccc3)ccn2n1. The van der Waals surface area contributed by atoms with Crippen LogP contribution in [0, 0.1) is 0 Å². The predicted octanol–water partition coefficient (Wildman–Crippen LogP) is 8.60. The Labute approximate surface area is 516 Å². The Morgan fingerprint density at radius 3 is 1.50 bits per heavy atom. The molecule has 458 valence electrons. The van der Waals surface area contributed by atoms with Crippen molar-refractivity contribution in [3.05, 3.63) is 165 Å². The van der Waals surface area contributed by atoms with Crippen molar-refractivity contribution >= 4 is 66.9 Å². The molecule has 88 heavy (non-hydrogen) atoms. The maximum atomic E-state index is 12.9. The van der Waals surface area contributed by atoms with E-state index in [9.17, 15) is 16.8 Å². The van der Waals surface area contributed by atoms with Crippen LogP contribution in [0.15, 0.2) is 169 Å². The Morgan fingerprint density at radius 2 is 1.02 bits per heavy atom. The minimum atomic E-state index is -3.79. The second-order valence-electron chi connectivity index (χ2n) is 23.1. The first-order valence-electron chi connectivity index (χ1n) is 27.9. The Kier molecular flexibility index (Phi) is 19.5. The van der Waals surface area contributed by atoms with Crippen LogP contribution in [0.2, 0.25) is 5.28 Å². The third-order valence-electron chi connectivity index (χ3n) is 13.3. The van der Waals surface area contributed by atoms with E-state index in [1.807, 2.05) is 113 Å². The molecule has 24 nitrogen and oxygen atoms in total. The van der Waals surface area contributed by atoms with Crippen LogP contribution in [0.25, 0.3) is 44.7 Å². The minimum Gasteiger partial charge on any atom is -0.475 e. The van der Waals surface area contributed by atoms with Crippen molar-refractivity contribution in [2.75, 3.05) is 36.9 Å². The van der Waals surface area contributed by atoms with E-state index < -0.39 is 49.4 Å². The maximum absolute atomic E-state index is 12.9. The van der Waals surface area contributed by atoms with Crippen LogP contribution in [0.1, 0.15) is 69.2 Å². The van der Waals surface area contributed by atoms with Crippen LogP contribution in [0.3, 0.4) is 0 Å². The van der Waals surface area contributed by atoms with Gasteiger partial charge in [-0.25, -0.2) is 50.3 Å². The molecule has 1 aliphatic heterocycles. The number of hydrogen-bond acceptors (Lipinski definition) is 20. The molecule has 0 amide bonds. The Bertz CT molecular complexity index is 4200. The molecule has 0 unspecified atom stereocenters. The minimum absolute atomic E-state index is 0.0305. The second kappa shape index (κ2) is 26.8. The van der Waals surface area contributed by atoms with E-state index in [2.05, 4.69) is 65.2 Å². The molecule has 1 aliphatic rings. The molecule has 11 rings (SSSR count). The van der Waals surface area contributed by atoms with Gasteiger partial charge in [-0.2, -0.15) is 4.98 Å². The second-order valence-corrected chi connectivity index (χ2v) is 26.8. The average Bonchev–Trinajstić information content (AvgIpc) is 2.16. The van der Waals surface area contributed by atoms with Gasteiger partial charge in [-0.1, -0.05) is 60.7 Å². The summed E-state index contributed by atoms with van der Waals surface area (Å²) >= 11 is 6.06. The maximum Gasteiger partial charge on any atom is 0.496 e. The Morgan fingerprint density at radius 1 is 0.557 bits per heavy atom. The van der Waals surface area contributed by atoms with Crippen molar-refractivity contribution in [3.63, 3.8) is 0 Å². The standard InChI is InChI=1S/C27H28N8O3S.C18H15ClN6O.C15H25BN2O4S/c1-27(2,3)34-39(36,37)21-15-20(16-29-17-21)25-32-26(31-12-14-38-23-18-28-10-11-30-23)24-22(9-13-35(24)33-25)19-7-5-4-6-8-19;19-18-23-17(22-9-11-26-15-12-20-7-8-21-15)16-14(6-10-25(16)24-18)13-4-2-1-3-5-13;1-13(2,3)18-23(19,20)12-8-11(9-17-10-12)16-21-14(4,5)15(6,7)22-16/h4-11,13,15-18,34H,12,14H2,1-3H3,(H,31,32,33);1-8,10,12H,9,11H2,(H,22,23,24);8-10,18H,1-7H3. The van der Waals surface area contributed by atoms with Crippen molar-refractivity contribution in [2.24, 2.45) is 0 Å². The van der Waals surface area contributed by atoms with E-state index in [1.165, 1.54) is 18.5 Å². The van der Waals surface area contributed by atoms with Gasteiger partial charge in [-0.05, 0) is 116 Å². The summed E-state index contributed by atoms with van der Waals surface area (Å²) in [4.78, 5) is 33.6. The fraction of sp³-hybridized carbons (Fsp3) is 0.300. The van der Waals surface area contributed by atoms with Crippen molar-refractivity contribution in [3.8, 4) is 45.4 Å². The summed E-state index contributed by atoms with van der Waals surface area (Å²) in [6, 6.07) is 27.0. The molecule has 2 aromatic carbocycles. The van der Waals surface area contributed by atoms with Crippen molar-refractivity contribution in [1.82, 2.24) is 68.5 Å². The van der Waals surface area contributed by atoms with E-state index in [4.69, 9.17) is 35.4 Å². The number of aromatic nitrogens is 12. The van der Waals surface area contributed by atoms with E-state index in [0.717, 1.165) is 33.3 Å². The van der Waals surface area contributed by atoms with Gasteiger partial charge in [0.15, 0.2) is 17.5 Å². The van der Waals surface area contributed by atoms with Gasteiger partial charge in [-0.15, -0.1) is 10.2 Å².